The molecular weight excluding hydrogens is 225 g/mol. The van der Waals surface area contributed by atoms with Crippen LogP contribution in [0.2, 0.25) is 0 Å². The van der Waals surface area contributed by atoms with Crippen LogP contribution in [0.25, 0.3) is 10.5 Å². The molecular formula is C11H8NO3P. The lowest BCUT2D eigenvalue weighted by atomic mass is 10.2. The molecule has 4 nitrogen and oxygen atoms in total. The van der Waals surface area contributed by atoms with Gasteiger partial charge in [0.15, 0.2) is 6.29 Å². The van der Waals surface area contributed by atoms with Crippen molar-refractivity contribution in [1.29, 1.82) is 0 Å². The molecule has 1 atom stereocenters. The van der Waals surface area contributed by atoms with Crippen molar-refractivity contribution in [1.82, 2.24) is 0 Å². The average molecular weight is 233 g/mol. The molecule has 1 heterocycles. The molecule has 2 rings (SSSR count). The van der Waals surface area contributed by atoms with Crippen LogP contribution < -0.4 is 0 Å². The van der Waals surface area contributed by atoms with E-state index in [1.54, 1.807) is 18.2 Å². The lowest BCUT2D eigenvalue weighted by Crippen LogP contribution is -1.87. The number of fused-ring (bicyclic) bond motifs is 1. The van der Waals surface area contributed by atoms with Gasteiger partial charge in [0.1, 0.15) is 0 Å². The largest absolute Gasteiger partial charge is 0.320 e. The average Bonchev–Trinajstić information content (AvgIpc) is 2.66. The Morgan fingerprint density at radius 3 is 2.81 bits per heavy atom. The zero-order chi connectivity index (χ0) is 11.7. The Morgan fingerprint density at radius 2 is 2.19 bits per heavy atom. The van der Waals surface area contributed by atoms with E-state index in [-0.39, 0.29) is 0 Å². The summed E-state index contributed by atoms with van der Waals surface area (Å²) in [5.74, 6) is -0.735. The van der Waals surface area contributed by atoms with Gasteiger partial charge in [0.2, 0.25) is 0 Å². The number of aryl methyl sites for hydroxylation is 1. The Morgan fingerprint density at radius 1 is 1.44 bits per heavy atom. The molecule has 0 aliphatic heterocycles. The van der Waals surface area contributed by atoms with Gasteiger partial charge in [-0.1, -0.05) is 18.2 Å². The fraction of sp³-hybridized carbons (Fsp3) is 0.0909. The van der Waals surface area contributed by atoms with Crippen LogP contribution in [0.1, 0.15) is 20.4 Å². The number of nitroso groups, excluding NO2 is 1. The van der Waals surface area contributed by atoms with Crippen molar-refractivity contribution in [3.05, 3.63) is 40.0 Å². The molecule has 16 heavy (non-hydrogen) atoms. The first-order valence-electron chi connectivity index (χ1n) is 4.60. The molecule has 1 aromatic carbocycles. The van der Waals surface area contributed by atoms with E-state index in [9.17, 15) is 14.5 Å². The van der Waals surface area contributed by atoms with Crippen molar-refractivity contribution in [2.45, 2.75) is 0 Å². The number of hydrogen-bond donors (Lipinski definition) is 0. The molecule has 0 fully saturated rings. The summed E-state index contributed by atoms with van der Waals surface area (Å²) < 4.78 is 0. The predicted octanol–water partition coefficient (Wildman–Crippen LogP) is 3.08. The molecule has 0 aliphatic carbocycles. The third kappa shape index (κ3) is 1.48. The fourth-order valence-electron chi connectivity index (χ4n) is 1.80. The molecule has 0 N–H and O–H groups in total. The van der Waals surface area contributed by atoms with Gasteiger partial charge in [-0.15, -0.1) is 12.4 Å². The van der Waals surface area contributed by atoms with Crippen molar-refractivity contribution < 1.29 is 9.59 Å². The minimum Gasteiger partial charge on any atom is -0.298 e. The van der Waals surface area contributed by atoms with Gasteiger partial charge in [-0.2, -0.15) is 0 Å². The third-order valence-electron chi connectivity index (χ3n) is 2.52. The second-order valence-electron chi connectivity index (χ2n) is 3.39. The van der Waals surface area contributed by atoms with Gasteiger partial charge in [-0.3, -0.25) is 9.59 Å². The van der Waals surface area contributed by atoms with Gasteiger partial charge in [-0.05, 0) is 18.1 Å². The van der Waals surface area contributed by atoms with Crippen LogP contribution >= 0.6 is 7.53 Å². The molecule has 0 spiro atoms. The summed E-state index contributed by atoms with van der Waals surface area (Å²) in [6.07, 6.45) is 0.771. The Labute approximate surface area is 92.3 Å². The summed E-state index contributed by atoms with van der Waals surface area (Å²) in [6.45, 7) is 1.85. The van der Waals surface area contributed by atoms with Crippen molar-refractivity contribution >= 4 is 30.2 Å². The van der Waals surface area contributed by atoms with Crippen LogP contribution in [0, 0.1) is 4.91 Å². The first-order chi connectivity index (χ1) is 7.69. The number of amides is 1. The van der Waals surface area contributed by atoms with E-state index in [0.717, 1.165) is 16.8 Å². The topological polar surface area (TPSA) is 63.6 Å². The second kappa shape index (κ2) is 3.99. The highest BCUT2D eigenvalue weighted by atomic mass is 31.1. The van der Waals surface area contributed by atoms with E-state index in [0.29, 0.717) is 10.9 Å². The van der Waals surface area contributed by atoms with Crippen LogP contribution in [-0.2, 0) is 6.66 Å². The van der Waals surface area contributed by atoms with Crippen molar-refractivity contribution in [3.8, 4) is 0 Å². The summed E-state index contributed by atoms with van der Waals surface area (Å²) in [6, 6.07) is 6.94. The van der Waals surface area contributed by atoms with Crippen LogP contribution in [0.4, 0.5) is 0 Å². The summed E-state index contributed by atoms with van der Waals surface area (Å²) in [7, 11) is -0.930. The normalized spacial score (nSPS) is 11.4. The zero-order valence-corrected chi connectivity index (χ0v) is 9.40. The van der Waals surface area contributed by atoms with Crippen molar-refractivity contribution in [2.24, 2.45) is 11.8 Å². The van der Waals surface area contributed by atoms with E-state index in [1.807, 2.05) is 12.7 Å². The maximum atomic E-state index is 11.3. The lowest BCUT2D eigenvalue weighted by molar-refractivity contribution is 0.100. The van der Waals surface area contributed by atoms with E-state index < -0.39 is 13.4 Å². The highest BCUT2D eigenvalue weighted by Crippen LogP contribution is 2.43. The Bertz CT molecular complexity index is 601. The summed E-state index contributed by atoms with van der Waals surface area (Å²) in [4.78, 5) is 32.4. The van der Waals surface area contributed by atoms with Crippen molar-refractivity contribution in [3.63, 3.8) is 0 Å². The Balaban J connectivity index is 2.83. The van der Waals surface area contributed by atoms with Crippen LogP contribution in [0.15, 0.2) is 29.4 Å². The summed E-state index contributed by atoms with van der Waals surface area (Å²) in [5, 5.41) is 4.54. The molecule has 2 aromatic rings. The van der Waals surface area contributed by atoms with Gasteiger partial charge in [0.05, 0.1) is 5.30 Å². The Hall–Kier alpha value is -1.80. The SMILES string of the molecule is Cp1c(C(=O)N=O)cc2cccc(C=O)c21. The molecule has 5 heteroatoms. The quantitative estimate of drug-likeness (QED) is 0.591. The van der Waals surface area contributed by atoms with Gasteiger partial charge in [0.25, 0.3) is 0 Å². The zero-order valence-electron chi connectivity index (χ0n) is 8.51. The number of carbonyl (C=O) groups is 2. The second-order valence-corrected chi connectivity index (χ2v) is 5.44. The number of hydrogen-bond acceptors (Lipinski definition) is 3. The number of aldehydes is 1. The smallest absolute Gasteiger partial charge is 0.298 e. The lowest BCUT2D eigenvalue weighted by Gasteiger charge is -1.97. The predicted molar refractivity (Wildman–Crippen MR) is 63.2 cm³/mol. The summed E-state index contributed by atoms with van der Waals surface area (Å²) in [5.41, 5.74) is 0.580. The highest BCUT2D eigenvalue weighted by Gasteiger charge is 2.15. The minimum atomic E-state index is -0.930. The molecule has 80 valence electrons. The number of carbonyl (C=O) groups excluding carboxylic acids is 2. The van der Waals surface area contributed by atoms with Gasteiger partial charge in [-0.25, -0.2) is 0 Å². The minimum absolute atomic E-state index is 0.411. The van der Waals surface area contributed by atoms with Crippen LogP contribution in [0.3, 0.4) is 0 Å². The standard InChI is InChI=1S/C11H8NO3P/c1-16-9(11(14)12-15)5-7-3-2-4-8(6-13)10(7)16/h2-6H,1H3. The number of nitrogens with zero attached hydrogens (tertiary/aromatic N) is 1. The van der Waals surface area contributed by atoms with Gasteiger partial charge >= 0.3 is 5.91 Å². The van der Waals surface area contributed by atoms with Crippen LogP contribution in [-0.4, -0.2) is 12.2 Å². The first-order valence-corrected chi connectivity index (χ1v) is 6.39. The molecule has 0 radical (unpaired) electrons. The molecule has 0 saturated heterocycles. The third-order valence-corrected chi connectivity index (χ3v) is 4.75. The van der Waals surface area contributed by atoms with Crippen molar-refractivity contribution in [2.75, 3.05) is 0 Å². The number of benzene rings is 1. The van der Waals surface area contributed by atoms with Gasteiger partial charge < -0.3 is 0 Å². The molecule has 0 saturated carbocycles. The molecule has 0 bridgehead atoms. The fourth-order valence-corrected chi connectivity index (χ4v) is 3.74. The molecule has 1 unspecified atom stereocenters. The first kappa shape index (κ1) is 10.7. The monoisotopic (exact) mass is 233 g/mol. The van der Waals surface area contributed by atoms with E-state index in [4.69, 9.17) is 0 Å². The maximum absolute atomic E-state index is 11.3. The van der Waals surface area contributed by atoms with E-state index in [2.05, 4.69) is 5.18 Å². The van der Waals surface area contributed by atoms with Crippen LogP contribution in [0.5, 0.6) is 0 Å². The van der Waals surface area contributed by atoms with E-state index in [1.165, 1.54) is 0 Å². The molecule has 0 aliphatic rings. The number of rotatable bonds is 2. The molecule has 1 aromatic heterocycles. The highest BCUT2D eigenvalue weighted by molar-refractivity contribution is 7.56. The molecule has 1 amide bonds. The summed E-state index contributed by atoms with van der Waals surface area (Å²) >= 11 is 0. The van der Waals surface area contributed by atoms with E-state index >= 15 is 0 Å². The maximum Gasteiger partial charge on any atom is 0.320 e. The Kier molecular flexibility index (Phi) is 2.67. The van der Waals surface area contributed by atoms with Gasteiger partial charge in [0, 0.05) is 15.9 Å².